The normalized spacial score (nSPS) is 9.89. The van der Waals surface area contributed by atoms with E-state index >= 15 is 0 Å². The second-order valence-electron chi connectivity index (χ2n) is 4.00. The topological polar surface area (TPSA) is 63.4 Å². The van der Waals surface area contributed by atoms with Crippen molar-refractivity contribution in [2.75, 3.05) is 4.90 Å². The molecule has 19 heavy (non-hydrogen) atoms. The van der Waals surface area contributed by atoms with Gasteiger partial charge >= 0.3 is 6.03 Å². The number of benzene rings is 2. The Hall–Kier alpha value is -2.62. The Kier molecular flexibility index (Phi) is 3.93. The van der Waals surface area contributed by atoms with Gasteiger partial charge in [0, 0.05) is 6.42 Å². The molecule has 2 aromatic rings. The predicted octanol–water partition coefficient (Wildman–Crippen LogP) is 2.56. The van der Waals surface area contributed by atoms with Crippen molar-refractivity contribution in [1.82, 2.24) is 0 Å². The predicted molar refractivity (Wildman–Crippen MR) is 74.0 cm³/mol. The van der Waals surface area contributed by atoms with E-state index in [0.717, 1.165) is 5.56 Å². The van der Waals surface area contributed by atoms with Crippen molar-refractivity contribution >= 4 is 23.7 Å². The fourth-order valence-corrected chi connectivity index (χ4v) is 1.83. The molecule has 0 saturated carbocycles. The minimum absolute atomic E-state index is 0.238. The van der Waals surface area contributed by atoms with Crippen LogP contribution in [-0.4, -0.2) is 12.3 Å². The van der Waals surface area contributed by atoms with Crippen LogP contribution in [0.3, 0.4) is 0 Å². The highest BCUT2D eigenvalue weighted by Crippen LogP contribution is 2.25. The number of carbonyl (C=O) groups is 1. The highest BCUT2D eigenvalue weighted by atomic mass is 16.2. The van der Waals surface area contributed by atoms with Gasteiger partial charge in [-0.15, -0.1) is 0 Å². The molecule has 0 fully saturated rings. The largest absolute Gasteiger partial charge is 0.351 e. The highest BCUT2D eigenvalue weighted by molar-refractivity contribution is 5.98. The van der Waals surface area contributed by atoms with Crippen LogP contribution in [0.4, 0.5) is 16.2 Å². The van der Waals surface area contributed by atoms with Gasteiger partial charge in [0.15, 0.2) is 0 Å². The summed E-state index contributed by atoms with van der Waals surface area (Å²) in [5.74, 6) is 0. The van der Waals surface area contributed by atoms with Gasteiger partial charge in [0.25, 0.3) is 0 Å². The van der Waals surface area contributed by atoms with Crippen LogP contribution in [0, 0.1) is 0 Å². The van der Waals surface area contributed by atoms with E-state index in [2.05, 4.69) is 0 Å². The molecule has 0 aliphatic rings. The maximum Gasteiger partial charge on any atom is 0.323 e. The molecule has 0 unspecified atom stereocenters. The third-order valence-electron chi connectivity index (χ3n) is 2.71. The monoisotopic (exact) mass is 253 g/mol. The number of hydrogen-bond acceptors (Lipinski definition) is 2. The molecule has 4 heteroatoms. The van der Waals surface area contributed by atoms with Crippen molar-refractivity contribution < 1.29 is 9.59 Å². The van der Waals surface area contributed by atoms with Gasteiger partial charge in [-0.25, -0.2) is 4.79 Å². The number of rotatable bonds is 4. The van der Waals surface area contributed by atoms with E-state index in [1.54, 1.807) is 36.4 Å². The second kappa shape index (κ2) is 5.82. The summed E-state index contributed by atoms with van der Waals surface area (Å²) in [7, 11) is 0. The zero-order chi connectivity index (χ0) is 13.7. The molecule has 0 aliphatic heterocycles. The maximum absolute atomic E-state index is 11.6. The molecule has 95 valence electrons. The van der Waals surface area contributed by atoms with E-state index in [4.69, 9.17) is 5.73 Å². The molecule has 0 heterocycles. The summed E-state index contributed by atoms with van der Waals surface area (Å²) in [5, 5.41) is 0. The first-order chi connectivity index (χ1) is 9.22. The Morgan fingerprint density at radius 1 is 1.00 bits per heavy atom. The van der Waals surface area contributed by atoms with Crippen molar-refractivity contribution in [2.24, 2.45) is 5.73 Å². The smallest absolute Gasteiger partial charge is 0.323 e. The van der Waals surface area contributed by atoms with Crippen LogP contribution in [0.25, 0.3) is 0 Å². The summed E-state index contributed by atoms with van der Waals surface area (Å²) in [6.45, 7) is 0. The zero-order valence-electron chi connectivity index (χ0n) is 10.2. The lowest BCUT2D eigenvalue weighted by Gasteiger charge is -2.20. The van der Waals surface area contributed by atoms with Crippen molar-refractivity contribution in [1.29, 1.82) is 0 Å². The number of primary amides is 1. The molecule has 2 aromatic carbocycles. The molecule has 0 bridgehead atoms. The lowest BCUT2D eigenvalue weighted by molar-refractivity contribution is 0.256. The fraction of sp³-hybridized carbons (Fsp3) is 0.0667. The van der Waals surface area contributed by atoms with Crippen LogP contribution in [-0.2, 0) is 11.2 Å². The van der Waals surface area contributed by atoms with Crippen molar-refractivity contribution in [3.8, 4) is 0 Å². The minimum Gasteiger partial charge on any atom is -0.351 e. The Labute approximate surface area is 111 Å². The van der Waals surface area contributed by atoms with Crippen LogP contribution in [0.1, 0.15) is 5.56 Å². The van der Waals surface area contributed by atoms with Crippen molar-refractivity contribution in [3.05, 3.63) is 60.2 Å². The number of para-hydroxylation sites is 1. The molecule has 0 saturated heterocycles. The summed E-state index contributed by atoms with van der Waals surface area (Å²) in [6.07, 6.45) is 2.07. The molecule has 0 aromatic heterocycles. The Morgan fingerprint density at radius 2 is 1.58 bits per heavy atom. The third-order valence-corrected chi connectivity index (χ3v) is 2.71. The van der Waals surface area contributed by atoms with Crippen LogP contribution >= 0.6 is 0 Å². The van der Waals surface area contributed by atoms with E-state index in [1.807, 2.05) is 24.5 Å². The SMILES string of the molecule is NC(=O)N(c1ccccc1)c1ccc(C[C]=O)cc1. The molecular weight excluding hydrogens is 240 g/mol. The first kappa shape index (κ1) is 12.8. The van der Waals surface area contributed by atoms with Gasteiger partial charge in [0.05, 0.1) is 11.4 Å². The molecule has 2 N–H and O–H groups in total. The first-order valence-electron chi connectivity index (χ1n) is 5.81. The molecule has 1 radical (unpaired) electrons. The summed E-state index contributed by atoms with van der Waals surface area (Å²) in [4.78, 5) is 23.3. The Morgan fingerprint density at radius 3 is 2.11 bits per heavy atom. The molecule has 0 spiro atoms. The highest BCUT2D eigenvalue weighted by Gasteiger charge is 2.14. The third kappa shape index (κ3) is 2.98. The van der Waals surface area contributed by atoms with Gasteiger partial charge < -0.3 is 5.73 Å². The van der Waals surface area contributed by atoms with Gasteiger partial charge in [-0.3, -0.25) is 9.69 Å². The van der Waals surface area contributed by atoms with Crippen LogP contribution < -0.4 is 10.6 Å². The molecular formula is C15H13N2O2. The number of hydrogen-bond donors (Lipinski definition) is 1. The molecule has 4 nitrogen and oxygen atoms in total. The Bertz CT molecular complexity index is 564. The van der Waals surface area contributed by atoms with Gasteiger partial charge in [0.1, 0.15) is 0 Å². The molecule has 0 atom stereocenters. The van der Waals surface area contributed by atoms with E-state index in [-0.39, 0.29) is 6.42 Å². The van der Waals surface area contributed by atoms with E-state index in [1.165, 1.54) is 4.90 Å². The standard InChI is InChI=1S/C15H13N2O2/c16-15(19)17(13-4-2-1-3-5-13)14-8-6-12(7-9-14)10-11-18/h1-9H,10H2,(H2,16,19). The molecule has 2 rings (SSSR count). The van der Waals surface area contributed by atoms with Crippen molar-refractivity contribution in [2.45, 2.75) is 6.42 Å². The number of carbonyl (C=O) groups excluding carboxylic acids is 2. The number of nitrogens with zero attached hydrogens (tertiary/aromatic N) is 1. The average Bonchev–Trinajstić information content (AvgIpc) is 2.42. The quantitative estimate of drug-likeness (QED) is 0.910. The van der Waals surface area contributed by atoms with Crippen LogP contribution in [0.5, 0.6) is 0 Å². The fourth-order valence-electron chi connectivity index (χ4n) is 1.83. The molecule has 0 aliphatic carbocycles. The minimum atomic E-state index is -0.555. The zero-order valence-corrected chi connectivity index (χ0v) is 10.2. The summed E-state index contributed by atoms with van der Waals surface area (Å²) >= 11 is 0. The average molecular weight is 253 g/mol. The van der Waals surface area contributed by atoms with Gasteiger partial charge in [-0.1, -0.05) is 30.3 Å². The van der Waals surface area contributed by atoms with Gasteiger partial charge in [0.2, 0.25) is 6.29 Å². The van der Waals surface area contributed by atoms with Gasteiger partial charge in [-0.2, -0.15) is 0 Å². The van der Waals surface area contributed by atoms with Crippen molar-refractivity contribution in [3.63, 3.8) is 0 Å². The number of amides is 2. The van der Waals surface area contributed by atoms with Gasteiger partial charge in [-0.05, 0) is 29.8 Å². The Balaban J connectivity index is 2.35. The summed E-state index contributed by atoms with van der Waals surface area (Å²) in [5.41, 5.74) is 7.63. The summed E-state index contributed by atoms with van der Waals surface area (Å²) < 4.78 is 0. The number of urea groups is 1. The van der Waals surface area contributed by atoms with Crippen LogP contribution in [0.15, 0.2) is 54.6 Å². The second-order valence-corrected chi connectivity index (χ2v) is 4.00. The lowest BCUT2D eigenvalue weighted by Crippen LogP contribution is -2.31. The first-order valence-corrected chi connectivity index (χ1v) is 5.81. The van der Waals surface area contributed by atoms with E-state index in [9.17, 15) is 9.59 Å². The van der Waals surface area contributed by atoms with E-state index < -0.39 is 6.03 Å². The number of nitrogens with two attached hydrogens (primary N) is 1. The van der Waals surface area contributed by atoms with E-state index in [0.29, 0.717) is 11.4 Å². The van der Waals surface area contributed by atoms with Crippen LogP contribution in [0.2, 0.25) is 0 Å². The summed E-state index contributed by atoms with van der Waals surface area (Å²) in [6, 6.07) is 15.7. The maximum atomic E-state index is 11.6. The lowest BCUT2D eigenvalue weighted by atomic mass is 10.1. The number of anilines is 2. The molecule has 2 amide bonds.